The van der Waals surface area contributed by atoms with E-state index in [0.717, 1.165) is 30.2 Å². The maximum absolute atomic E-state index is 12.5. The van der Waals surface area contributed by atoms with Gasteiger partial charge in [0, 0.05) is 6.04 Å². The molecule has 1 aliphatic rings. The molecule has 0 amide bonds. The summed E-state index contributed by atoms with van der Waals surface area (Å²) >= 11 is 0. The lowest BCUT2D eigenvalue weighted by atomic mass is 9.89. The Bertz CT molecular complexity index is 405. The molecule has 1 N–H and O–H groups in total. The summed E-state index contributed by atoms with van der Waals surface area (Å²) in [6, 6.07) is 5.56. The number of rotatable bonds is 4. The van der Waals surface area contributed by atoms with Crippen LogP contribution in [-0.4, -0.2) is 6.54 Å². The van der Waals surface area contributed by atoms with E-state index in [4.69, 9.17) is 0 Å². The summed E-state index contributed by atoms with van der Waals surface area (Å²) in [5.41, 5.74) is 0.328. The Kier molecular flexibility index (Phi) is 5.08. The topological polar surface area (TPSA) is 12.0 Å². The van der Waals surface area contributed by atoms with Gasteiger partial charge in [-0.1, -0.05) is 31.4 Å². The molecule has 0 aliphatic heterocycles. The van der Waals surface area contributed by atoms with Crippen molar-refractivity contribution in [2.24, 2.45) is 5.92 Å². The molecule has 20 heavy (non-hydrogen) atoms. The van der Waals surface area contributed by atoms with Crippen molar-refractivity contribution < 1.29 is 13.2 Å². The summed E-state index contributed by atoms with van der Waals surface area (Å²) in [7, 11) is 0. The Morgan fingerprint density at radius 1 is 1.10 bits per heavy atom. The van der Waals surface area contributed by atoms with E-state index in [-0.39, 0.29) is 6.04 Å². The van der Waals surface area contributed by atoms with Crippen LogP contribution in [0.2, 0.25) is 0 Å². The van der Waals surface area contributed by atoms with E-state index in [1.807, 2.05) is 6.92 Å². The molecule has 0 radical (unpaired) electrons. The molecule has 1 aromatic rings. The van der Waals surface area contributed by atoms with Crippen molar-refractivity contribution in [2.75, 3.05) is 6.54 Å². The molecule has 1 aliphatic carbocycles. The molecule has 112 valence electrons. The first-order valence-corrected chi connectivity index (χ1v) is 7.37. The highest BCUT2D eigenvalue weighted by atomic mass is 19.4. The summed E-state index contributed by atoms with van der Waals surface area (Å²) < 4.78 is 37.5. The number of halogens is 3. The van der Waals surface area contributed by atoms with Crippen LogP contribution in [0.5, 0.6) is 0 Å². The normalized spacial score (nSPS) is 19.0. The molecule has 1 fully saturated rings. The van der Waals surface area contributed by atoms with E-state index >= 15 is 0 Å². The largest absolute Gasteiger partial charge is 0.416 e. The minimum atomic E-state index is -4.25. The van der Waals surface area contributed by atoms with Crippen molar-refractivity contribution in [3.05, 3.63) is 35.4 Å². The summed E-state index contributed by atoms with van der Waals surface area (Å²) in [5, 5.41) is 3.45. The fraction of sp³-hybridized carbons (Fsp3) is 0.625. The Morgan fingerprint density at radius 2 is 1.70 bits per heavy atom. The van der Waals surface area contributed by atoms with Gasteiger partial charge in [0.05, 0.1) is 5.56 Å². The number of nitrogens with one attached hydrogen (secondary N) is 1. The smallest absolute Gasteiger partial charge is 0.310 e. The van der Waals surface area contributed by atoms with Gasteiger partial charge in [0.1, 0.15) is 0 Å². The van der Waals surface area contributed by atoms with E-state index < -0.39 is 11.7 Å². The minimum Gasteiger partial charge on any atom is -0.310 e. The first-order valence-electron chi connectivity index (χ1n) is 7.37. The summed E-state index contributed by atoms with van der Waals surface area (Å²) in [6.45, 7) is 2.97. The molecule has 4 heteroatoms. The summed E-state index contributed by atoms with van der Waals surface area (Å²) in [5.74, 6) is 0.723. The average molecular weight is 285 g/mol. The van der Waals surface area contributed by atoms with Crippen LogP contribution in [0.25, 0.3) is 0 Å². The third kappa shape index (κ3) is 4.23. The van der Waals surface area contributed by atoms with Crippen LogP contribution in [0.3, 0.4) is 0 Å². The third-order valence-electron chi connectivity index (χ3n) is 4.18. The van der Waals surface area contributed by atoms with Gasteiger partial charge in [0.15, 0.2) is 0 Å². The molecule has 0 bridgehead atoms. The minimum absolute atomic E-state index is 0.0965. The van der Waals surface area contributed by atoms with E-state index in [9.17, 15) is 13.2 Å². The van der Waals surface area contributed by atoms with Gasteiger partial charge in [0.2, 0.25) is 0 Å². The second-order valence-electron chi connectivity index (χ2n) is 5.75. The van der Waals surface area contributed by atoms with Gasteiger partial charge in [-0.05, 0) is 49.9 Å². The van der Waals surface area contributed by atoms with Gasteiger partial charge in [-0.15, -0.1) is 0 Å². The van der Waals surface area contributed by atoms with Crippen molar-refractivity contribution in [3.63, 3.8) is 0 Å². The zero-order valence-electron chi connectivity index (χ0n) is 11.8. The van der Waals surface area contributed by atoms with Crippen molar-refractivity contribution in [1.82, 2.24) is 5.32 Å². The highest BCUT2D eigenvalue weighted by molar-refractivity contribution is 5.26. The number of hydrogen-bond acceptors (Lipinski definition) is 1. The maximum Gasteiger partial charge on any atom is 0.416 e. The lowest BCUT2D eigenvalue weighted by Gasteiger charge is -2.24. The van der Waals surface area contributed by atoms with Crippen LogP contribution in [0.1, 0.15) is 56.2 Å². The van der Waals surface area contributed by atoms with Crippen LogP contribution < -0.4 is 5.32 Å². The Labute approximate surface area is 118 Å². The van der Waals surface area contributed by atoms with Crippen molar-refractivity contribution in [1.29, 1.82) is 0 Å². The first-order chi connectivity index (χ1) is 9.47. The van der Waals surface area contributed by atoms with E-state index in [0.29, 0.717) is 0 Å². The molecule has 1 atom stereocenters. The van der Waals surface area contributed by atoms with Gasteiger partial charge >= 0.3 is 6.18 Å². The molecular weight excluding hydrogens is 263 g/mol. The predicted molar refractivity (Wildman–Crippen MR) is 74.4 cm³/mol. The molecule has 0 spiro atoms. The Morgan fingerprint density at radius 3 is 2.25 bits per heavy atom. The fourth-order valence-corrected chi connectivity index (χ4v) is 2.81. The Balaban J connectivity index is 1.87. The van der Waals surface area contributed by atoms with Crippen molar-refractivity contribution in [2.45, 2.75) is 51.2 Å². The van der Waals surface area contributed by atoms with Crippen LogP contribution in [0, 0.1) is 5.92 Å². The van der Waals surface area contributed by atoms with Crippen LogP contribution in [0.4, 0.5) is 13.2 Å². The summed E-state index contributed by atoms with van der Waals surface area (Å²) in [6.07, 6.45) is 2.24. The zero-order chi connectivity index (χ0) is 14.6. The average Bonchev–Trinajstić information content (AvgIpc) is 2.45. The van der Waals surface area contributed by atoms with Crippen LogP contribution in [-0.2, 0) is 6.18 Å². The molecular formula is C16H22F3N. The van der Waals surface area contributed by atoms with Crippen molar-refractivity contribution in [3.8, 4) is 0 Å². The number of hydrogen-bond donors (Lipinski definition) is 1. The van der Waals surface area contributed by atoms with Gasteiger partial charge in [-0.25, -0.2) is 0 Å². The molecule has 0 heterocycles. The number of alkyl halides is 3. The van der Waals surface area contributed by atoms with Gasteiger partial charge in [-0.3, -0.25) is 0 Å². The van der Waals surface area contributed by atoms with Gasteiger partial charge < -0.3 is 5.32 Å². The van der Waals surface area contributed by atoms with E-state index in [2.05, 4.69) is 5.32 Å². The lowest BCUT2D eigenvalue weighted by Crippen LogP contribution is -2.27. The molecule has 1 saturated carbocycles. The van der Waals surface area contributed by atoms with Crippen LogP contribution in [0.15, 0.2) is 24.3 Å². The monoisotopic (exact) mass is 285 g/mol. The molecule has 1 aromatic carbocycles. The molecule has 1 nitrogen and oxygen atoms in total. The highest BCUT2D eigenvalue weighted by Gasteiger charge is 2.30. The predicted octanol–water partition coefficient (Wildman–Crippen LogP) is 4.94. The van der Waals surface area contributed by atoms with Gasteiger partial charge in [0.25, 0.3) is 0 Å². The molecule has 0 aromatic heterocycles. The van der Waals surface area contributed by atoms with E-state index in [1.54, 1.807) is 12.1 Å². The van der Waals surface area contributed by atoms with Gasteiger partial charge in [-0.2, -0.15) is 13.2 Å². The maximum atomic E-state index is 12.5. The van der Waals surface area contributed by atoms with Crippen LogP contribution >= 0.6 is 0 Å². The fourth-order valence-electron chi connectivity index (χ4n) is 2.81. The first kappa shape index (κ1) is 15.4. The Hall–Kier alpha value is -1.03. The summed E-state index contributed by atoms with van der Waals surface area (Å²) in [4.78, 5) is 0. The molecule has 2 rings (SSSR count). The zero-order valence-corrected chi connectivity index (χ0v) is 11.8. The second-order valence-corrected chi connectivity index (χ2v) is 5.75. The molecule has 0 saturated heterocycles. The standard InChI is InChI=1S/C16H22F3N/c1-12(20-11-13-5-3-2-4-6-13)14-7-9-15(10-8-14)16(17,18)19/h7-10,12-13,20H,2-6,11H2,1H3. The van der Waals surface area contributed by atoms with Crippen molar-refractivity contribution >= 4 is 0 Å². The SMILES string of the molecule is CC(NCC1CCCCC1)c1ccc(C(F)(F)F)cc1. The lowest BCUT2D eigenvalue weighted by molar-refractivity contribution is -0.137. The third-order valence-corrected chi connectivity index (χ3v) is 4.18. The highest BCUT2D eigenvalue weighted by Crippen LogP contribution is 2.30. The van der Waals surface area contributed by atoms with E-state index in [1.165, 1.54) is 32.1 Å². The quantitative estimate of drug-likeness (QED) is 0.826. The second kappa shape index (κ2) is 6.61. The number of benzene rings is 1. The molecule has 1 unspecified atom stereocenters.